The van der Waals surface area contributed by atoms with E-state index in [0.717, 1.165) is 24.1 Å². The van der Waals surface area contributed by atoms with E-state index in [1.54, 1.807) is 12.1 Å². The molecule has 0 saturated carbocycles. The standard InChI is InChI=1S/C25H40N6O/c1-16-28-21(15-30(16)6)17-8-9-19(22(32)12-17)20(26)10-11-23(27)31(7)18-13-24(2,3)29-25(4,5)14-18/h8-12,15-16,18,28-29,32H,13-14,26-27H2,1-7H3/b20-10-,23-11+. The highest BCUT2D eigenvalue weighted by Crippen LogP contribution is 2.32. The monoisotopic (exact) mass is 440 g/mol. The Morgan fingerprint density at radius 2 is 1.78 bits per heavy atom. The second kappa shape index (κ2) is 8.62. The van der Waals surface area contributed by atoms with Gasteiger partial charge < -0.3 is 37.0 Å². The Kier molecular flexibility index (Phi) is 6.43. The van der Waals surface area contributed by atoms with Crippen LogP contribution in [-0.2, 0) is 0 Å². The molecule has 1 aromatic carbocycles. The molecule has 1 atom stereocenters. The molecule has 1 unspecified atom stereocenters. The van der Waals surface area contributed by atoms with Crippen molar-refractivity contribution < 1.29 is 5.11 Å². The van der Waals surface area contributed by atoms with E-state index in [1.807, 2.05) is 38.5 Å². The molecule has 7 N–H and O–H groups in total. The number of phenols is 1. The molecule has 2 aliphatic rings. The number of piperidine rings is 1. The van der Waals surface area contributed by atoms with Gasteiger partial charge in [0.15, 0.2) is 0 Å². The van der Waals surface area contributed by atoms with Crippen molar-refractivity contribution in [1.82, 2.24) is 20.4 Å². The molecule has 7 heteroatoms. The van der Waals surface area contributed by atoms with Gasteiger partial charge in [-0.25, -0.2) is 0 Å². The lowest BCUT2D eigenvalue weighted by Gasteiger charge is -2.49. The minimum atomic E-state index is 0.0412. The molecule has 0 amide bonds. The summed E-state index contributed by atoms with van der Waals surface area (Å²) < 4.78 is 0. The number of allylic oxidation sites excluding steroid dienone is 2. The van der Waals surface area contributed by atoms with Gasteiger partial charge in [0.05, 0.1) is 17.7 Å². The zero-order valence-corrected chi connectivity index (χ0v) is 20.5. The van der Waals surface area contributed by atoms with Crippen LogP contribution in [0.1, 0.15) is 58.6 Å². The molecule has 2 aliphatic heterocycles. The Bertz CT molecular complexity index is 930. The van der Waals surface area contributed by atoms with E-state index in [4.69, 9.17) is 11.5 Å². The highest BCUT2D eigenvalue weighted by Gasteiger charge is 2.39. The maximum Gasteiger partial charge on any atom is 0.125 e. The molecular weight excluding hydrogens is 400 g/mol. The Hall–Kier alpha value is -2.80. The molecule has 176 valence electrons. The van der Waals surface area contributed by atoms with Crippen molar-refractivity contribution in [3.8, 4) is 5.75 Å². The van der Waals surface area contributed by atoms with E-state index < -0.39 is 0 Å². The Morgan fingerprint density at radius 1 is 1.16 bits per heavy atom. The predicted molar refractivity (Wildman–Crippen MR) is 133 cm³/mol. The van der Waals surface area contributed by atoms with Crippen molar-refractivity contribution in [2.24, 2.45) is 11.5 Å². The molecule has 1 saturated heterocycles. The SMILES string of the molecule is CC1NC(c2ccc(/C(N)=C/C=C(\N)N(C)C3CC(C)(C)NC(C)(C)C3)c(O)c2)=CN1C. The fourth-order valence-electron chi connectivity index (χ4n) is 4.92. The van der Waals surface area contributed by atoms with E-state index >= 15 is 0 Å². The fourth-order valence-corrected chi connectivity index (χ4v) is 4.92. The number of hydrogen-bond acceptors (Lipinski definition) is 7. The number of hydrogen-bond donors (Lipinski definition) is 5. The van der Waals surface area contributed by atoms with Gasteiger partial charge in [0.2, 0.25) is 0 Å². The molecule has 0 aliphatic carbocycles. The van der Waals surface area contributed by atoms with E-state index in [1.165, 1.54) is 0 Å². The summed E-state index contributed by atoms with van der Waals surface area (Å²) >= 11 is 0. The second-order valence-electron chi connectivity index (χ2n) is 10.5. The summed E-state index contributed by atoms with van der Waals surface area (Å²) in [4.78, 5) is 4.22. The minimum absolute atomic E-state index is 0.0412. The van der Waals surface area contributed by atoms with Gasteiger partial charge in [-0.3, -0.25) is 0 Å². The average molecular weight is 441 g/mol. The summed E-state index contributed by atoms with van der Waals surface area (Å²) in [5.74, 6) is 0.795. The first-order valence-electron chi connectivity index (χ1n) is 11.3. The minimum Gasteiger partial charge on any atom is -0.507 e. The Labute approximate surface area is 192 Å². The quantitative estimate of drug-likeness (QED) is 0.449. The summed E-state index contributed by atoms with van der Waals surface area (Å²) in [6, 6.07) is 5.86. The van der Waals surface area contributed by atoms with Gasteiger partial charge in [0.1, 0.15) is 5.75 Å². The van der Waals surface area contributed by atoms with Gasteiger partial charge >= 0.3 is 0 Å². The molecule has 0 spiro atoms. The third kappa shape index (κ3) is 5.33. The topological polar surface area (TPSA) is 103 Å². The average Bonchev–Trinajstić information content (AvgIpc) is 3.01. The number of rotatable bonds is 5. The van der Waals surface area contributed by atoms with Gasteiger partial charge in [-0.15, -0.1) is 0 Å². The van der Waals surface area contributed by atoms with E-state index in [-0.39, 0.29) is 23.0 Å². The number of nitrogens with one attached hydrogen (secondary N) is 2. The van der Waals surface area contributed by atoms with Crippen LogP contribution in [0.25, 0.3) is 11.4 Å². The molecule has 0 aromatic heterocycles. The molecular formula is C25H40N6O. The number of nitrogens with two attached hydrogens (primary N) is 2. The lowest BCUT2D eigenvalue weighted by atomic mass is 9.79. The molecule has 7 nitrogen and oxygen atoms in total. The van der Waals surface area contributed by atoms with Gasteiger partial charge in [-0.1, -0.05) is 6.07 Å². The maximum absolute atomic E-state index is 10.6. The van der Waals surface area contributed by atoms with Crippen LogP contribution in [0.5, 0.6) is 5.75 Å². The number of benzene rings is 1. The summed E-state index contributed by atoms with van der Waals surface area (Å²) in [6.45, 7) is 11.0. The van der Waals surface area contributed by atoms with Crippen molar-refractivity contribution in [3.05, 3.63) is 53.5 Å². The summed E-state index contributed by atoms with van der Waals surface area (Å²) in [5, 5.41) is 17.7. The second-order valence-corrected chi connectivity index (χ2v) is 10.5. The largest absolute Gasteiger partial charge is 0.507 e. The van der Waals surface area contributed by atoms with Crippen molar-refractivity contribution in [1.29, 1.82) is 0 Å². The number of nitrogens with zero attached hydrogens (tertiary/aromatic N) is 2. The first-order valence-corrected chi connectivity index (χ1v) is 11.3. The third-order valence-corrected chi connectivity index (χ3v) is 6.49. The van der Waals surface area contributed by atoms with Gasteiger partial charge in [-0.2, -0.15) is 0 Å². The first-order chi connectivity index (χ1) is 14.8. The molecule has 0 radical (unpaired) electrons. The van der Waals surface area contributed by atoms with Crippen molar-refractivity contribution in [3.63, 3.8) is 0 Å². The lowest BCUT2D eigenvalue weighted by Crippen LogP contribution is -2.61. The first kappa shape index (κ1) is 23.9. The fraction of sp³-hybridized carbons (Fsp3) is 0.520. The molecule has 2 heterocycles. The molecule has 1 aromatic rings. The molecule has 0 bridgehead atoms. The van der Waals surface area contributed by atoms with Crippen LogP contribution in [0.3, 0.4) is 0 Å². The highest BCUT2D eigenvalue weighted by molar-refractivity contribution is 5.74. The normalized spacial score (nSPS) is 23.7. The van der Waals surface area contributed by atoms with Gasteiger partial charge in [0.25, 0.3) is 0 Å². The number of phenolic OH excluding ortho intramolecular Hbond substituents is 1. The smallest absolute Gasteiger partial charge is 0.125 e. The zero-order valence-electron chi connectivity index (χ0n) is 20.5. The maximum atomic E-state index is 10.6. The third-order valence-electron chi connectivity index (χ3n) is 6.49. The van der Waals surface area contributed by atoms with Crippen LogP contribution >= 0.6 is 0 Å². The van der Waals surface area contributed by atoms with Crippen molar-refractivity contribution in [2.45, 2.75) is 70.7 Å². The summed E-state index contributed by atoms with van der Waals surface area (Å²) in [5.41, 5.74) is 15.7. The Balaban J connectivity index is 1.75. The van der Waals surface area contributed by atoms with Crippen LogP contribution in [0.2, 0.25) is 0 Å². The van der Waals surface area contributed by atoms with Gasteiger partial charge in [0, 0.05) is 54.2 Å². The lowest BCUT2D eigenvalue weighted by molar-refractivity contribution is 0.0981. The molecule has 32 heavy (non-hydrogen) atoms. The van der Waals surface area contributed by atoms with E-state index in [2.05, 4.69) is 55.1 Å². The van der Waals surface area contributed by atoms with Crippen LogP contribution in [0.4, 0.5) is 0 Å². The van der Waals surface area contributed by atoms with E-state index in [9.17, 15) is 5.11 Å². The van der Waals surface area contributed by atoms with E-state index in [0.29, 0.717) is 23.1 Å². The summed E-state index contributed by atoms with van der Waals surface area (Å²) in [7, 11) is 4.05. The Morgan fingerprint density at radius 3 is 2.31 bits per heavy atom. The van der Waals surface area contributed by atoms with Crippen molar-refractivity contribution in [2.75, 3.05) is 14.1 Å². The van der Waals surface area contributed by atoms with Gasteiger partial charge in [-0.05, 0) is 71.7 Å². The van der Waals surface area contributed by atoms with Crippen LogP contribution in [0, 0.1) is 0 Å². The highest BCUT2D eigenvalue weighted by atomic mass is 16.3. The molecule has 3 rings (SSSR count). The van der Waals surface area contributed by atoms with Crippen LogP contribution in [-0.4, -0.2) is 52.3 Å². The van der Waals surface area contributed by atoms with Crippen LogP contribution < -0.4 is 22.1 Å². The predicted octanol–water partition coefficient (Wildman–Crippen LogP) is 2.91. The zero-order chi connectivity index (χ0) is 23.8. The summed E-state index contributed by atoms with van der Waals surface area (Å²) in [6.07, 6.45) is 7.84. The number of aromatic hydroxyl groups is 1. The van der Waals surface area contributed by atoms with Crippen LogP contribution in [0.15, 0.2) is 42.4 Å². The van der Waals surface area contributed by atoms with Crippen molar-refractivity contribution >= 4 is 11.4 Å². The molecule has 1 fully saturated rings.